The van der Waals surface area contributed by atoms with Crippen LogP contribution in [0.4, 0.5) is 5.69 Å². The van der Waals surface area contributed by atoms with Crippen molar-refractivity contribution in [2.75, 3.05) is 18.4 Å². The average molecular weight is 470 g/mol. The van der Waals surface area contributed by atoms with E-state index >= 15 is 0 Å². The van der Waals surface area contributed by atoms with E-state index in [4.69, 9.17) is 4.42 Å². The summed E-state index contributed by atoms with van der Waals surface area (Å²) in [6.07, 6.45) is 0.651. The summed E-state index contributed by atoms with van der Waals surface area (Å²) in [5.74, 6) is 1.13. The number of rotatable bonds is 8. The van der Waals surface area contributed by atoms with Gasteiger partial charge < -0.3 is 14.3 Å². The van der Waals surface area contributed by atoms with Crippen molar-refractivity contribution < 1.29 is 17.6 Å². The Morgan fingerprint density at radius 1 is 1.09 bits per heavy atom. The highest BCUT2D eigenvalue weighted by atomic mass is 32.2. The third-order valence-electron chi connectivity index (χ3n) is 5.64. The SMILES string of the molecule is CCN(CC)S(=O)(=O)c1ccc2c(c1)nc(CCC(=O)Nc1ccc3oc(C)nc3c1)n2C. The number of amides is 1. The van der Waals surface area contributed by atoms with Crippen LogP contribution in [-0.4, -0.2) is 46.3 Å². The highest BCUT2D eigenvalue weighted by Crippen LogP contribution is 2.23. The fourth-order valence-electron chi connectivity index (χ4n) is 3.90. The Bertz CT molecular complexity index is 1430. The number of carbonyl (C=O) groups is 1. The van der Waals surface area contributed by atoms with Gasteiger partial charge in [0.25, 0.3) is 0 Å². The van der Waals surface area contributed by atoms with Gasteiger partial charge in [-0.2, -0.15) is 4.31 Å². The van der Waals surface area contributed by atoms with Crippen molar-refractivity contribution in [1.29, 1.82) is 0 Å². The number of carbonyl (C=O) groups excluding carboxylic acids is 1. The predicted molar refractivity (Wildman–Crippen MR) is 127 cm³/mol. The van der Waals surface area contributed by atoms with E-state index in [1.165, 1.54) is 4.31 Å². The van der Waals surface area contributed by atoms with Gasteiger partial charge in [-0.05, 0) is 36.4 Å². The lowest BCUT2D eigenvalue weighted by molar-refractivity contribution is -0.116. The molecule has 2 heterocycles. The first-order chi connectivity index (χ1) is 15.7. The standard InChI is InChI=1S/C23H27N5O4S/c1-5-28(6-2)33(30,31)17-8-9-20-18(14-17)26-22(27(20)4)11-12-23(29)25-16-7-10-21-19(13-16)24-15(3)32-21/h7-10,13-14H,5-6,11-12H2,1-4H3,(H,25,29). The van der Waals surface area contributed by atoms with Crippen LogP contribution < -0.4 is 5.32 Å². The van der Waals surface area contributed by atoms with Crippen LogP contribution in [0.25, 0.3) is 22.1 Å². The minimum atomic E-state index is -3.56. The summed E-state index contributed by atoms with van der Waals surface area (Å²) < 4.78 is 34.4. The average Bonchev–Trinajstić information content (AvgIpc) is 3.30. The molecule has 0 unspecified atom stereocenters. The summed E-state index contributed by atoms with van der Waals surface area (Å²) in [5.41, 5.74) is 3.42. The Balaban J connectivity index is 1.48. The third kappa shape index (κ3) is 4.49. The van der Waals surface area contributed by atoms with Crippen LogP contribution in [0.2, 0.25) is 0 Å². The first-order valence-electron chi connectivity index (χ1n) is 10.9. The monoisotopic (exact) mass is 469 g/mol. The number of anilines is 1. The number of hydrogen-bond donors (Lipinski definition) is 1. The van der Waals surface area contributed by atoms with Crippen LogP contribution in [0, 0.1) is 6.92 Å². The van der Waals surface area contributed by atoms with Gasteiger partial charge in [-0.25, -0.2) is 18.4 Å². The lowest BCUT2D eigenvalue weighted by Gasteiger charge is -2.18. The number of oxazole rings is 1. The van der Waals surface area contributed by atoms with E-state index < -0.39 is 10.0 Å². The topological polar surface area (TPSA) is 110 Å². The lowest BCUT2D eigenvalue weighted by atomic mass is 10.2. The van der Waals surface area contributed by atoms with Crippen molar-refractivity contribution in [2.24, 2.45) is 7.05 Å². The molecule has 1 N–H and O–H groups in total. The molecular formula is C23H27N5O4S. The summed E-state index contributed by atoms with van der Waals surface area (Å²) in [7, 11) is -1.70. The van der Waals surface area contributed by atoms with Crippen molar-refractivity contribution in [1.82, 2.24) is 18.8 Å². The molecule has 0 aliphatic carbocycles. The zero-order valence-corrected chi connectivity index (χ0v) is 19.9. The molecule has 0 spiro atoms. The normalized spacial score (nSPS) is 12.2. The van der Waals surface area contributed by atoms with Crippen LogP contribution in [-0.2, 0) is 28.3 Å². The smallest absolute Gasteiger partial charge is 0.243 e. The maximum Gasteiger partial charge on any atom is 0.243 e. The van der Waals surface area contributed by atoms with Gasteiger partial charge in [-0.1, -0.05) is 13.8 Å². The van der Waals surface area contributed by atoms with Crippen LogP contribution >= 0.6 is 0 Å². The van der Waals surface area contributed by atoms with Crippen LogP contribution in [0.5, 0.6) is 0 Å². The van der Waals surface area contributed by atoms with Gasteiger partial charge in [0.15, 0.2) is 11.5 Å². The molecule has 0 saturated carbocycles. The largest absolute Gasteiger partial charge is 0.441 e. The molecule has 0 fully saturated rings. The number of nitrogens with zero attached hydrogens (tertiary/aromatic N) is 4. The molecule has 33 heavy (non-hydrogen) atoms. The van der Waals surface area contributed by atoms with E-state index in [2.05, 4.69) is 15.3 Å². The van der Waals surface area contributed by atoms with Gasteiger partial charge >= 0.3 is 0 Å². The Morgan fingerprint density at radius 2 is 1.85 bits per heavy atom. The maximum atomic E-state index is 12.8. The fraction of sp³-hybridized carbons (Fsp3) is 0.348. The number of imidazole rings is 1. The number of hydrogen-bond acceptors (Lipinski definition) is 6. The van der Waals surface area contributed by atoms with Crippen molar-refractivity contribution in [2.45, 2.75) is 38.5 Å². The van der Waals surface area contributed by atoms with Gasteiger partial charge in [0.2, 0.25) is 15.9 Å². The minimum absolute atomic E-state index is 0.147. The number of sulfonamides is 1. The van der Waals surface area contributed by atoms with E-state index in [1.54, 1.807) is 43.3 Å². The number of fused-ring (bicyclic) bond motifs is 2. The van der Waals surface area contributed by atoms with Gasteiger partial charge in [-0.3, -0.25) is 4.79 Å². The van der Waals surface area contributed by atoms with Crippen LogP contribution in [0.1, 0.15) is 32.0 Å². The highest BCUT2D eigenvalue weighted by molar-refractivity contribution is 7.89. The summed E-state index contributed by atoms with van der Waals surface area (Å²) in [5, 5.41) is 2.88. The molecule has 174 valence electrons. The molecule has 0 radical (unpaired) electrons. The van der Waals surface area contributed by atoms with Gasteiger partial charge in [0, 0.05) is 45.6 Å². The predicted octanol–water partition coefficient (Wildman–Crippen LogP) is 3.62. The molecule has 0 aliphatic rings. The molecule has 2 aromatic heterocycles. The molecule has 0 atom stereocenters. The Labute approximate surface area is 192 Å². The van der Waals surface area contributed by atoms with Crippen molar-refractivity contribution in [3.05, 3.63) is 48.1 Å². The van der Waals surface area contributed by atoms with Crippen molar-refractivity contribution >= 4 is 43.8 Å². The zero-order chi connectivity index (χ0) is 23.8. The summed E-state index contributed by atoms with van der Waals surface area (Å²) >= 11 is 0. The minimum Gasteiger partial charge on any atom is -0.441 e. The van der Waals surface area contributed by atoms with Gasteiger partial charge in [0.05, 0.1) is 15.9 Å². The quantitative estimate of drug-likeness (QED) is 0.422. The molecule has 4 rings (SSSR count). The van der Waals surface area contributed by atoms with Crippen LogP contribution in [0.3, 0.4) is 0 Å². The van der Waals surface area contributed by atoms with E-state index in [1.807, 2.05) is 25.5 Å². The maximum absolute atomic E-state index is 12.8. The molecule has 1 amide bonds. The molecular weight excluding hydrogens is 442 g/mol. The molecule has 2 aromatic carbocycles. The third-order valence-corrected chi connectivity index (χ3v) is 7.69. The Morgan fingerprint density at radius 3 is 2.58 bits per heavy atom. The molecule has 4 aromatic rings. The summed E-state index contributed by atoms with van der Waals surface area (Å²) in [6.45, 7) is 6.21. The zero-order valence-electron chi connectivity index (χ0n) is 19.1. The molecule has 0 aliphatic heterocycles. The highest BCUT2D eigenvalue weighted by Gasteiger charge is 2.22. The first kappa shape index (κ1) is 22.9. The van der Waals surface area contributed by atoms with Crippen molar-refractivity contribution in [3.63, 3.8) is 0 Å². The molecule has 0 saturated heterocycles. The Kier molecular flexibility index (Phi) is 6.22. The fourth-order valence-corrected chi connectivity index (χ4v) is 5.37. The number of benzene rings is 2. The molecule has 9 nitrogen and oxygen atoms in total. The molecule has 10 heteroatoms. The van der Waals surface area contributed by atoms with E-state index in [0.717, 1.165) is 5.52 Å². The van der Waals surface area contributed by atoms with E-state index in [0.29, 0.717) is 53.5 Å². The number of aryl methyl sites for hydroxylation is 3. The lowest BCUT2D eigenvalue weighted by Crippen LogP contribution is -2.30. The van der Waals surface area contributed by atoms with E-state index in [9.17, 15) is 13.2 Å². The first-order valence-corrected chi connectivity index (χ1v) is 12.3. The van der Waals surface area contributed by atoms with Crippen molar-refractivity contribution in [3.8, 4) is 0 Å². The van der Waals surface area contributed by atoms with E-state index in [-0.39, 0.29) is 17.2 Å². The number of aromatic nitrogens is 3. The second-order valence-electron chi connectivity index (χ2n) is 7.79. The van der Waals surface area contributed by atoms with Gasteiger partial charge in [-0.15, -0.1) is 0 Å². The Hall–Kier alpha value is -3.24. The molecule has 0 bridgehead atoms. The number of nitrogens with one attached hydrogen (secondary N) is 1. The second kappa shape index (κ2) is 8.95. The summed E-state index contributed by atoms with van der Waals surface area (Å²) in [6, 6.07) is 10.3. The second-order valence-corrected chi connectivity index (χ2v) is 9.73. The van der Waals surface area contributed by atoms with Crippen LogP contribution in [0.15, 0.2) is 45.7 Å². The van der Waals surface area contributed by atoms with Gasteiger partial charge in [0.1, 0.15) is 11.3 Å². The summed E-state index contributed by atoms with van der Waals surface area (Å²) in [4.78, 5) is 21.6.